The van der Waals surface area contributed by atoms with E-state index in [0.29, 0.717) is 11.0 Å². The summed E-state index contributed by atoms with van der Waals surface area (Å²) in [5.41, 5.74) is 1.52. The van der Waals surface area contributed by atoms with Crippen molar-refractivity contribution in [2.24, 2.45) is 0 Å². The predicted molar refractivity (Wildman–Crippen MR) is 104 cm³/mol. The quantitative estimate of drug-likeness (QED) is 0.397. The monoisotopic (exact) mass is 395 g/mol. The number of rotatable bonds is 1. The van der Waals surface area contributed by atoms with E-state index in [1.165, 1.54) is 0 Å². The Morgan fingerprint density at radius 2 is 1.59 bits per heavy atom. The first kappa shape index (κ1) is 17.5. The van der Waals surface area contributed by atoms with Crippen LogP contribution in [0.2, 0.25) is 0 Å². The number of benzene rings is 2. The lowest BCUT2D eigenvalue weighted by molar-refractivity contribution is -0.575. The van der Waals surface area contributed by atoms with Crippen molar-refractivity contribution >= 4 is 42.5 Å². The van der Waals surface area contributed by atoms with Gasteiger partial charge in [-0.15, -0.1) is 11.3 Å². The van der Waals surface area contributed by atoms with Crippen molar-refractivity contribution in [2.45, 2.75) is 6.92 Å². The second kappa shape index (κ2) is 6.33. The molecule has 3 heterocycles. The van der Waals surface area contributed by atoms with E-state index in [-0.39, 0.29) is 18.0 Å². The Labute approximate surface area is 163 Å². The van der Waals surface area contributed by atoms with Crippen molar-refractivity contribution < 1.29 is 17.0 Å². The predicted octanol–water partition coefficient (Wildman–Crippen LogP) is 0.173. The van der Waals surface area contributed by atoms with Crippen LogP contribution in [0.1, 0.15) is 5.69 Å². The van der Waals surface area contributed by atoms with E-state index in [4.69, 9.17) is 0 Å². The van der Waals surface area contributed by atoms with Gasteiger partial charge in [0.25, 0.3) is 5.56 Å². The number of nitrogens with zero attached hydrogens (tertiary/aromatic N) is 1. The molecule has 2 aromatic carbocycles. The summed E-state index contributed by atoms with van der Waals surface area (Å²) in [6.45, 7) is 2.02. The molecule has 0 spiro atoms. The number of aromatic nitrogens is 3. The van der Waals surface area contributed by atoms with Gasteiger partial charge in [0.05, 0.1) is 4.70 Å². The Kier molecular flexibility index (Phi) is 4.09. The molecule has 7 heteroatoms. The number of H-pyrrole nitrogens is 2. The molecule has 0 saturated heterocycles. The number of fused-ring (bicyclic) bond motifs is 5. The fraction of sp³-hybridized carbons (Fsp3) is 0.0500. The first-order valence-corrected chi connectivity index (χ1v) is 9.04. The van der Waals surface area contributed by atoms with E-state index in [1.54, 1.807) is 11.3 Å². The lowest BCUT2D eigenvalue weighted by atomic mass is 10.1. The summed E-state index contributed by atoms with van der Waals surface area (Å²) in [7, 11) is 0. The van der Waals surface area contributed by atoms with Crippen LogP contribution in [0.4, 0.5) is 0 Å². The van der Waals surface area contributed by atoms with Gasteiger partial charge in [-0.25, -0.2) is 4.79 Å². The van der Waals surface area contributed by atoms with Crippen LogP contribution in [0.25, 0.3) is 36.9 Å². The van der Waals surface area contributed by atoms with E-state index in [2.05, 4.69) is 16.0 Å². The van der Waals surface area contributed by atoms with Gasteiger partial charge in [-0.3, -0.25) is 9.78 Å². The van der Waals surface area contributed by atoms with Gasteiger partial charge in [-0.2, -0.15) is 9.55 Å². The summed E-state index contributed by atoms with van der Waals surface area (Å²) in [6, 6.07) is 17.8. The molecule has 5 aromatic rings. The minimum Gasteiger partial charge on any atom is -1.00 e. The minimum absolute atomic E-state index is 0. The van der Waals surface area contributed by atoms with Crippen LogP contribution in [0, 0.1) is 6.92 Å². The number of hydrogen-bond acceptors (Lipinski definition) is 3. The normalized spacial score (nSPS) is 11.1. The molecule has 0 fully saturated rings. The van der Waals surface area contributed by atoms with Crippen LogP contribution in [-0.2, 0) is 0 Å². The summed E-state index contributed by atoms with van der Waals surface area (Å²) in [5.74, 6) is 0. The Bertz CT molecular complexity index is 1430. The third kappa shape index (κ3) is 2.49. The van der Waals surface area contributed by atoms with Gasteiger partial charge < -0.3 is 12.4 Å². The molecule has 27 heavy (non-hydrogen) atoms. The Hall–Kier alpha value is -2.96. The molecule has 0 amide bonds. The van der Waals surface area contributed by atoms with Gasteiger partial charge in [-0.05, 0) is 25.1 Å². The van der Waals surface area contributed by atoms with Crippen molar-refractivity contribution in [1.29, 1.82) is 0 Å². The third-order valence-electron chi connectivity index (χ3n) is 4.67. The summed E-state index contributed by atoms with van der Waals surface area (Å²) in [4.78, 5) is 30.0. The van der Waals surface area contributed by atoms with Crippen molar-refractivity contribution in [3.05, 3.63) is 81.1 Å². The molecular formula is C20H14ClN3O2S. The van der Waals surface area contributed by atoms with E-state index >= 15 is 0 Å². The van der Waals surface area contributed by atoms with Crippen LogP contribution < -0.4 is 28.2 Å². The molecule has 5 rings (SSSR count). The lowest BCUT2D eigenvalue weighted by Gasteiger charge is -2.08. The molecule has 0 bridgehead atoms. The zero-order valence-corrected chi connectivity index (χ0v) is 15.8. The average molecular weight is 396 g/mol. The van der Waals surface area contributed by atoms with Crippen molar-refractivity contribution in [1.82, 2.24) is 9.97 Å². The van der Waals surface area contributed by atoms with E-state index in [0.717, 1.165) is 31.6 Å². The van der Waals surface area contributed by atoms with Crippen LogP contribution in [-0.4, -0.2) is 9.97 Å². The zero-order chi connectivity index (χ0) is 17.8. The maximum Gasteiger partial charge on any atom is 0.413 e. The summed E-state index contributed by atoms with van der Waals surface area (Å²) in [5, 5.41) is 2.42. The second-order valence-electron chi connectivity index (χ2n) is 6.19. The van der Waals surface area contributed by atoms with Crippen LogP contribution in [0.15, 0.2) is 64.2 Å². The van der Waals surface area contributed by atoms with Crippen molar-refractivity contribution in [3.8, 4) is 5.69 Å². The average Bonchev–Trinajstić information content (AvgIpc) is 3.02. The van der Waals surface area contributed by atoms with Crippen molar-refractivity contribution in [3.63, 3.8) is 0 Å². The maximum atomic E-state index is 12.8. The molecule has 0 aliphatic carbocycles. The van der Waals surface area contributed by atoms with Crippen molar-refractivity contribution in [2.75, 3.05) is 0 Å². The van der Waals surface area contributed by atoms with E-state index in [9.17, 15) is 9.59 Å². The van der Waals surface area contributed by atoms with Gasteiger partial charge in [-0.1, -0.05) is 36.4 Å². The highest BCUT2D eigenvalue weighted by atomic mass is 35.5. The van der Waals surface area contributed by atoms with Gasteiger partial charge in [0, 0.05) is 15.5 Å². The Morgan fingerprint density at radius 3 is 2.37 bits per heavy atom. The van der Waals surface area contributed by atoms with Gasteiger partial charge in [0.2, 0.25) is 0 Å². The molecule has 5 nitrogen and oxygen atoms in total. The number of pyridine rings is 1. The summed E-state index contributed by atoms with van der Waals surface area (Å²) >= 11 is 1.66. The topological polar surface area (TPSA) is 69.6 Å². The maximum absolute atomic E-state index is 12.8. The first-order chi connectivity index (χ1) is 12.6. The smallest absolute Gasteiger partial charge is 0.413 e. The molecule has 0 aliphatic heterocycles. The number of halogens is 1. The van der Waals surface area contributed by atoms with Crippen LogP contribution in [0.5, 0.6) is 0 Å². The SMILES string of the molecule is Cc1c2sc3ccccc3c2c2c(=O)[nH]c(=O)[nH]c2[n+]1-c1ccccc1.[Cl-]. The summed E-state index contributed by atoms with van der Waals surface area (Å²) in [6.07, 6.45) is 0. The van der Waals surface area contributed by atoms with Gasteiger partial charge in [0.1, 0.15) is 16.8 Å². The molecule has 0 saturated carbocycles. The van der Waals surface area contributed by atoms with E-state index in [1.807, 2.05) is 60.0 Å². The molecular weight excluding hydrogens is 382 g/mol. The molecule has 0 atom stereocenters. The molecule has 0 aliphatic rings. The highest BCUT2D eigenvalue weighted by Crippen LogP contribution is 2.37. The van der Waals surface area contributed by atoms with Gasteiger partial charge >= 0.3 is 11.3 Å². The molecule has 134 valence electrons. The number of para-hydroxylation sites is 1. The summed E-state index contributed by atoms with van der Waals surface area (Å²) < 4.78 is 4.10. The lowest BCUT2D eigenvalue weighted by Crippen LogP contribution is -3.00. The van der Waals surface area contributed by atoms with Gasteiger partial charge in [0.15, 0.2) is 0 Å². The Balaban J connectivity index is 0.00000180. The van der Waals surface area contributed by atoms with E-state index < -0.39 is 5.69 Å². The second-order valence-corrected chi connectivity index (χ2v) is 7.24. The molecule has 0 unspecified atom stereocenters. The number of aromatic amines is 2. The molecule has 2 N–H and O–H groups in total. The molecule has 3 aromatic heterocycles. The van der Waals surface area contributed by atoms with Crippen LogP contribution >= 0.6 is 11.3 Å². The Morgan fingerprint density at radius 1 is 0.889 bits per heavy atom. The standard InChI is InChI=1S/C20H13N3O2S.ClH/c1-11-17-15(13-9-5-6-10-14(13)26-17)16-18(21-20(25)22-19(16)24)23(11)12-7-3-2-4-8-12;/h2-10H,1H3,(H,22,24,25);1H. The largest absolute Gasteiger partial charge is 1.00 e. The number of thiophene rings is 1. The fourth-order valence-electron chi connectivity index (χ4n) is 3.59. The third-order valence-corrected chi connectivity index (χ3v) is 5.95. The number of nitrogens with one attached hydrogen (secondary N) is 2. The first-order valence-electron chi connectivity index (χ1n) is 8.23. The fourth-order valence-corrected chi connectivity index (χ4v) is 4.79. The molecule has 0 radical (unpaired) electrons. The minimum atomic E-state index is -0.509. The number of hydrogen-bond donors (Lipinski definition) is 2. The zero-order valence-electron chi connectivity index (χ0n) is 14.2. The highest BCUT2D eigenvalue weighted by Gasteiger charge is 2.24. The van der Waals surface area contributed by atoms with Crippen LogP contribution in [0.3, 0.4) is 0 Å². The highest BCUT2D eigenvalue weighted by molar-refractivity contribution is 7.26. The number of aryl methyl sites for hydroxylation is 1.